The molecule has 0 aliphatic heterocycles. The molecule has 4 aromatic heterocycles. The number of rotatable bonds is 5. The summed E-state index contributed by atoms with van der Waals surface area (Å²) in [6, 6.07) is 6.25. The zero-order chi connectivity index (χ0) is 23.1. The van der Waals surface area contributed by atoms with Gasteiger partial charge in [0.2, 0.25) is 5.95 Å². The lowest BCUT2D eigenvalue weighted by Gasteiger charge is -2.20. The Kier molecular flexibility index (Phi) is 4.98. The van der Waals surface area contributed by atoms with Crippen molar-refractivity contribution in [2.45, 2.75) is 19.9 Å². The fourth-order valence-electron chi connectivity index (χ4n) is 3.44. The zero-order valence-corrected chi connectivity index (χ0v) is 18.2. The Balaban J connectivity index is 1.66. The highest BCUT2D eigenvalue weighted by Gasteiger charge is 2.23. The fourth-order valence-corrected chi connectivity index (χ4v) is 3.69. The van der Waals surface area contributed by atoms with Crippen molar-refractivity contribution >= 4 is 34.3 Å². The van der Waals surface area contributed by atoms with Crippen molar-refractivity contribution in [3.8, 4) is 17.3 Å². The lowest BCUT2D eigenvalue weighted by atomic mass is 10.2. The normalized spacial score (nSPS) is 12.2. The van der Waals surface area contributed by atoms with Crippen LogP contribution in [-0.2, 0) is 0 Å². The van der Waals surface area contributed by atoms with Gasteiger partial charge in [0, 0.05) is 12.3 Å². The second-order valence-electron chi connectivity index (χ2n) is 7.19. The molecule has 1 atom stereocenters. The summed E-state index contributed by atoms with van der Waals surface area (Å²) in [5.41, 5.74) is 6.40. The van der Waals surface area contributed by atoms with E-state index < -0.39 is 6.04 Å². The number of nitrogens with one attached hydrogen (secondary N) is 2. The molecule has 0 aliphatic rings. The second-order valence-corrected chi connectivity index (χ2v) is 7.60. The van der Waals surface area contributed by atoms with Crippen molar-refractivity contribution in [3.63, 3.8) is 0 Å². The zero-order valence-electron chi connectivity index (χ0n) is 17.4. The number of hydrogen-bond donors (Lipinski definition) is 3. The number of nitrogens with two attached hydrogens (primary N) is 1. The summed E-state index contributed by atoms with van der Waals surface area (Å²) < 4.78 is 6.69. The molecule has 0 unspecified atom stereocenters. The number of benzene rings is 1. The maximum atomic E-state index is 13.5. The molecule has 166 valence electrons. The number of H-pyrrole nitrogens is 1. The maximum absolute atomic E-state index is 13.5. The van der Waals surface area contributed by atoms with E-state index in [1.165, 1.54) is 10.8 Å². The molecule has 33 heavy (non-hydrogen) atoms. The summed E-state index contributed by atoms with van der Waals surface area (Å²) in [6.45, 7) is 3.53. The van der Waals surface area contributed by atoms with Gasteiger partial charge in [-0.15, -0.1) is 0 Å². The van der Waals surface area contributed by atoms with Gasteiger partial charge in [0.15, 0.2) is 5.82 Å². The first-order chi connectivity index (χ1) is 15.9. The van der Waals surface area contributed by atoms with Crippen LogP contribution in [0.25, 0.3) is 28.2 Å². The van der Waals surface area contributed by atoms with Crippen LogP contribution >= 0.6 is 11.6 Å². The number of nitrogens with zero attached hydrogens (tertiary/aromatic N) is 7. The topological polar surface area (TPSA) is 166 Å². The van der Waals surface area contributed by atoms with Gasteiger partial charge in [-0.05, 0) is 26.0 Å². The van der Waals surface area contributed by atoms with Crippen LogP contribution in [0.5, 0.6) is 0 Å². The van der Waals surface area contributed by atoms with Crippen LogP contribution in [0.1, 0.15) is 24.6 Å². The van der Waals surface area contributed by atoms with Gasteiger partial charge >= 0.3 is 0 Å². The molecule has 0 fully saturated rings. The predicted octanol–water partition coefficient (Wildman–Crippen LogP) is 2.67. The Morgan fingerprint density at radius 1 is 1.24 bits per heavy atom. The van der Waals surface area contributed by atoms with Crippen molar-refractivity contribution in [1.29, 1.82) is 0 Å². The molecule has 0 bridgehead atoms. The molecular weight excluding hydrogens is 448 g/mol. The molecule has 0 radical (unpaired) electrons. The smallest absolute Gasteiger partial charge is 0.268 e. The molecular formula is C20H17ClN10O2. The summed E-state index contributed by atoms with van der Waals surface area (Å²) in [7, 11) is 0. The average Bonchev–Trinajstić information content (AvgIpc) is 3.45. The third-order valence-corrected chi connectivity index (χ3v) is 5.22. The summed E-state index contributed by atoms with van der Waals surface area (Å²) in [5.74, 6) is 1.91. The van der Waals surface area contributed by atoms with Gasteiger partial charge in [-0.3, -0.25) is 9.89 Å². The van der Waals surface area contributed by atoms with E-state index in [1.807, 2.05) is 6.92 Å². The molecule has 1 aromatic carbocycles. The predicted molar refractivity (Wildman–Crippen MR) is 121 cm³/mol. The standard InChI is InChI=1S/C20H17ClN10O2/c1-9(25-16-11(8-23-20(22)28-16)18-26-10(2)30-33-18)17-27-13-5-3-4-12(21)15(13)19(32)31(17)14-6-7-24-29-14/h3-9H,1-2H3,(H,24,29)(H3,22,23,25,28)/t9-/m0/s1. The molecule has 5 rings (SSSR count). The van der Waals surface area contributed by atoms with E-state index in [2.05, 4.69) is 35.6 Å². The molecule has 5 aromatic rings. The van der Waals surface area contributed by atoms with Gasteiger partial charge in [0.05, 0.1) is 28.2 Å². The van der Waals surface area contributed by atoms with Crippen molar-refractivity contribution in [2.24, 2.45) is 0 Å². The number of hydrogen-bond acceptors (Lipinski definition) is 10. The maximum Gasteiger partial charge on any atom is 0.268 e. The monoisotopic (exact) mass is 464 g/mol. The third-order valence-electron chi connectivity index (χ3n) is 4.91. The molecule has 0 saturated heterocycles. The summed E-state index contributed by atoms with van der Waals surface area (Å²) >= 11 is 6.32. The van der Waals surface area contributed by atoms with Crippen LogP contribution in [0.4, 0.5) is 11.8 Å². The SMILES string of the molecule is Cc1noc(-c2cnc(N)nc2N[C@@H](C)c2nc3cccc(Cl)c3c(=O)n2-c2ccn[nH]2)n1. The van der Waals surface area contributed by atoms with Gasteiger partial charge in [-0.1, -0.05) is 22.8 Å². The Bertz CT molecular complexity index is 1530. The van der Waals surface area contributed by atoms with E-state index in [0.29, 0.717) is 44.8 Å². The van der Waals surface area contributed by atoms with E-state index in [0.717, 1.165) is 0 Å². The van der Waals surface area contributed by atoms with E-state index in [4.69, 9.17) is 26.8 Å². The molecule has 4 heterocycles. The number of aromatic amines is 1. The lowest BCUT2D eigenvalue weighted by molar-refractivity contribution is 0.425. The lowest BCUT2D eigenvalue weighted by Crippen LogP contribution is -2.28. The Morgan fingerprint density at radius 2 is 2.09 bits per heavy atom. The molecule has 0 saturated carbocycles. The molecule has 0 amide bonds. The van der Waals surface area contributed by atoms with Gasteiger partial charge < -0.3 is 15.6 Å². The largest absolute Gasteiger partial charge is 0.368 e. The number of fused-ring (bicyclic) bond motifs is 1. The van der Waals surface area contributed by atoms with Crippen LogP contribution in [-0.4, -0.2) is 39.9 Å². The number of nitrogen functional groups attached to an aromatic ring is 1. The highest BCUT2D eigenvalue weighted by atomic mass is 35.5. The van der Waals surface area contributed by atoms with Crippen molar-refractivity contribution in [3.05, 3.63) is 63.7 Å². The van der Waals surface area contributed by atoms with E-state index in [1.54, 1.807) is 37.4 Å². The van der Waals surface area contributed by atoms with Crippen LogP contribution in [0, 0.1) is 6.92 Å². The van der Waals surface area contributed by atoms with E-state index in [-0.39, 0.29) is 17.4 Å². The molecule has 0 spiro atoms. The highest BCUT2D eigenvalue weighted by molar-refractivity contribution is 6.35. The number of aryl methyl sites for hydroxylation is 1. The Morgan fingerprint density at radius 3 is 2.82 bits per heavy atom. The summed E-state index contributed by atoms with van der Waals surface area (Å²) in [5, 5.41) is 14.4. The third kappa shape index (κ3) is 3.65. The molecule has 4 N–H and O–H groups in total. The fraction of sp³-hybridized carbons (Fsp3) is 0.150. The summed E-state index contributed by atoms with van der Waals surface area (Å²) in [4.78, 5) is 30.7. The van der Waals surface area contributed by atoms with Crippen LogP contribution in [0.2, 0.25) is 5.02 Å². The van der Waals surface area contributed by atoms with Crippen molar-refractivity contribution in [1.82, 2.24) is 39.9 Å². The second kappa shape index (κ2) is 7.98. The van der Waals surface area contributed by atoms with Crippen LogP contribution in [0.15, 0.2) is 46.0 Å². The molecule has 13 heteroatoms. The van der Waals surface area contributed by atoms with Gasteiger partial charge in [-0.25, -0.2) is 14.5 Å². The molecule has 0 aliphatic carbocycles. The first-order valence-corrected chi connectivity index (χ1v) is 10.2. The van der Waals surface area contributed by atoms with Gasteiger partial charge in [0.1, 0.15) is 23.0 Å². The number of anilines is 2. The van der Waals surface area contributed by atoms with E-state index in [9.17, 15) is 4.79 Å². The first-order valence-electron chi connectivity index (χ1n) is 9.83. The minimum absolute atomic E-state index is 0.0499. The Labute approximate surface area is 190 Å². The minimum Gasteiger partial charge on any atom is -0.368 e. The highest BCUT2D eigenvalue weighted by Crippen LogP contribution is 2.29. The van der Waals surface area contributed by atoms with Crippen LogP contribution in [0.3, 0.4) is 0 Å². The Hall–Kier alpha value is -4.32. The van der Waals surface area contributed by atoms with Crippen molar-refractivity contribution in [2.75, 3.05) is 11.1 Å². The molecule has 12 nitrogen and oxygen atoms in total. The quantitative estimate of drug-likeness (QED) is 0.351. The minimum atomic E-state index is -0.526. The van der Waals surface area contributed by atoms with Gasteiger partial charge in [-0.2, -0.15) is 15.1 Å². The van der Waals surface area contributed by atoms with Crippen LogP contribution < -0.4 is 16.6 Å². The summed E-state index contributed by atoms with van der Waals surface area (Å²) in [6.07, 6.45) is 3.03. The van der Waals surface area contributed by atoms with E-state index >= 15 is 0 Å². The van der Waals surface area contributed by atoms with Crippen molar-refractivity contribution < 1.29 is 4.52 Å². The average molecular weight is 465 g/mol. The van der Waals surface area contributed by atoms with Gasteiger partial charge in [0.25, 0.3) is 11.4 Å². The first kappa shape index (κ1) is 20.6. The number of halogens is 1. The number of aromatic nitrogens is 8.